The molecule has 7 nitrogen and oxygen atoms in total. The molecule has 1 aliphatic rings. The summed E-state index contributed by atoms with van der Waals surface area (Å²) >= 11 is 1.27. The first-order chi connectivity index (χ1) is 13.4. The maximum Gasteiger partial charge on any atom is 0.326 e. The first-order valence-corrected chi connectivity index (χ1v) is 9.85. The molecule has 1 fully saturated rings. The predicted octanol–water partition coefficient (Wildman–Crippen LogP) is 2.46. The van der Waals surface area contributed by atoms with Crippen LogP contribution in [0.15, 0.2) is 36.9 Å². The molecule has 0 aliphatic carbocycles. The van der Waals surface area contributed by atoms with Crippen molar-refractivity contribution in [1.82, 2.24) is 4.90 Å². The summed E-state index contributed by atoms with van der Waals surface area (Å²) in [5, 5.41) is 11.6. The Morgan fingerprint density at radius 3 is 2.86 bits per heavy atom. The second-order valence-electron chi connectivity index (χ2n) is 6.18. The highest BCUT2D eigenvalue weighted by Gasteiger charge is 2.46. The molecule has 148 valence electrons. The van der Waals surface area contributed by atoms with Gasteiger partial charge in [-0.3, -0.25) is 14.4 Å². The third-order valence-electron chi connectivity index (χ3n) is 4.29. The van der Waals surface area contributed by atoms with Gasteiger partial charge in [-0.15, -0.1) is 11.8 Å². The van der Waals surface area contributed by atoms with Crippen molar-refractivity contribution in [1.29, 1.82) is 5.26 Å². The standard InChI is InChI=1S/C20H23N3O4S/c1-4-9-27-20(26)16(11-21)19-23(5-2)18(25)17(28-19)12-22-15-8-6-7-14(10-15)13(3)24/h4,6-8,10,16-17,19,22H,1,5,9,12H2,2-3H3. The van der Waals surface area contributed by atoms with Crippen LogP contribution in [0, 0.1) is 17.2 Å². The molecular formula is C20H23N3O4S. The molecule has 1 saturated heterocycles. The first kappa shape index (κ1) is 21.5. The number of hydrogen-bond donors (Lipinski definition) is 1. The number of hydrogen-bond acceptors (Lipinski definition) is 7. The first-order valence-electron chi connectivity index (χ1n) is 8.90. The van der Waals surface area contributed by atoms with Crippen molar-refractivity contribution in [3.8, 4) is 6.07 Å². The lowest BCUT2D eigenvalue weighted by molar-refractivity contribution is -0.146. The summed E-state index contributed by atoms with van der Waals surface area (Å²) in [6.07, 6.45) is 1.43. The lowest BCUT2D eigenvalue weighted by Crippen LogP contribution is -2.41. The van der Waals surface area contributed by atoms with E-state index in [0.29, 0.717) is 18.7 Å². The van der Waals surface area contributed by atoms with Gasteiger partial charge in [-0.05, 0) is 26.0 Å². The summed E-state index contributed by atoms with van der Waals surface area (Å²) in [5.41, 5.74) is 1.31. The summed E-state index contributed by atoms with van der Waals surface area (Å²) < 4.78 is 5.01. The highest BCUT2D eigenvalue weighted by atomic mass is 32.2. The SMILES string of the molecule is C=CCOC(=O)C(C#N)C1SC(CNc2cccc(C(C)=O)c2)C(=O)N1CC. The molecule has 1 aromatic carbocycles. The van der Waals surface area contributed by atoms with E-state index in [4.69, 9.17) is 4.74 Å². The van der Waals surface area contributed by atoms with E-state index in [1.54, 1.807) is 25.1 Å². The van der Waals surface area contributed by atoms with E-state index in [-0.39, 0.29) is 18.3 Å². The molecule has 0 saturated carbocycles. The zero-order chi connectivity index (χ0) is 20.7. The molecule has 8 heteroatoms. The highest BCUT2D eigenvalue weighted by molar-refractivity contribution is 8.01. The van der Waals surface area contributed by atoms with Crippen molar-refractivity contribution < 1.29 is 19.1 Å². The van der Waals surface area contributed by atoms with Gasteiger partial charge < -0.3 is 15.0 Å². The molecule has 1 aliphatic heterocycles. The average Bonchev–Trinajstić information content (AvgIpc) is 3.00. The lowest BCUT2D eigenvalue weighted by atomic mass is 10.1. The van der Waals surface area contributed by atoms with Crippen molar-refractivity contribution in [3.63, 3.8) is 0 Å². The van der Waals surface area contributed by atoms with E-state index in [2.05, 4.69) is 11.9 Å². The number of carbonyl (C=O) groups excluding carboxylic acids is 3. The molecule has 1 heterocycles. The molecule has 3 atom stereocenters. The molecule has 2 rings (SSSR count). The highest BCUT2D eigenvalue weighted by Crippen LogP contribution is 2.36. The minimum Gasteiger partial charge on any atom is -0.460 e. The summed E-state index contributed by atoms with van der Waals surface area (Å²) in [5.74, 6) is -1.90. The Morgan fingerprint density at radius 2 is 2.25 bits per heavy atom. The van der Waals surface area contributed by atoms with Crippen LogP contribution in [0.3, 0.4) is 0 Å². The number of Topliss-reactive ketones (excluding diaryl/α,β-unsaturated/α-hetero) is 1. The van der Waals surface area contributed by atoms with Crippen LogP contribution in [-0.4, -0.2) is 52.9 Å². The summed E-state index contributed by atoms with van der Waals surface area (Å²) in [6.45, 7) is 7.51. The molecule has 0 bridgehead atoms. The van der Waals surface area contributed by atoms with Gasteiger partial charge in [0.2, 0.25) is 5.91 Å². The Kier molecular flexibility index (Phi) is 7.64. The van der Waals surface area contributed by atoms with Crippen molar-refractivity contribution >= 4 is 35.1 Å². The maximum atomic E-state index is 12.7. The predicted molar refractivity (Wildman–Crippen MR) is 108 cm³/mol. The number of benzene rings is 1. The minimum absolute atomic E-state index is 0.0198. The van der Waals surface area contributed by atoms with Crippen molar-refractivity contribution in [2.45, 2.75) is 24.5 Å². The Hall–Kier alpha value is -2.79. The lowest BCUT2D eigenvalue weighted by Gasteiger charge is -2.24. The Bertz CT molecular complexity index is 805. The van der Waals surface area contributed by atoms with E-state index in [1.165, 1.54) is 29.7 Å². The summed E-state index contributed by atoms with van der Waals surface area (Å²) in [4.78, 5) is 38.0. The van der Waals surface area contributed by atoms with Crippen LogP contribution < -0.4 is 5.32 Å². The fraction of sp³-hybridized carbons (Fsp3) is 0.400. The van der Waals surface area contributed by atoms with E-state index >= 15 is 0 Å². The molecule has 0 aromatic heterocycles. The molecular weight excluding hydrogens is 378 g/mol. The van der Waals surface area contributed by atoms with Gasteiger partial charge in [0.05, 0.1) is 6.07 Å². The van der Waals surface area contributed by atoms with Crippen molar-refractivity contribution in [2.75, 3.05) is 25.0 Å². The van der Waals surface area contributed by atoms with Crippen molar-refractivity contribution in [2.24, 2.45) is 5.92 Å². The van der Waals surface area contributed by atoms with Gasteiger partial charge in [-0.2, -0.15) is 5.26 Å². The van der Waals surface area contributed by atoms with Gasteiger partial charge in [0, 0.05) is 24.3 Å². The maximum absolute atomic E-state index is 12.7. The Morgan fingerprint density at radius 1 is 1.50 bits per heavy atom. The molecule has 0 radical (unpaired) electrons. The smallest absolute Gasteiger partial charge is 0.326 e. The topological polar surface area (TPSA) is 99.5 Å². The molecule has 28 heavy (non-hydrogen) atoms. The third kappa shape index (κ3) is 4.93. The zero-order valence-corrected chi connectivity index (χ0v) is 16.7. The third-order valence-corrected chi connectivity index (χ3v) is 5.79. The van der Waals surface area contributed by atoms with Gasteiger partial charge in [0.1, 0.15) is 17.2 Å². The molecule has 1 N–H and O–H groups in total. The Labute approximate surface area is 168 Å². The van der Waals surface area contributed by atoms with Crippen LogP contribution in [0.4, 0.5) is 5.69 Å². The number of anilines is 1. The fourth-order valence-corrected chi connectivity index (χ4v) is 4.36. The average molecular weight is 401 g/mol. The number of carbonyl (C=O) groups is 3. The monoisotopic (exact) mass is 401 g/mol. The van der Waals surface area contributed by atoms with Crippen molar-refractivity contribution in [3.05, 3.63) is 42.5 Å². The van der Waals surface area contributed by atoms with Gasteiger partial charge in [-0.1, -0.05) is 24.8 Å². The Balaban J connectivity index is 2.09. The number of thioether (sulfide) groups is 1. The molecule has 3 unspecified atom stereocenters. The van der Waals surface area contributed by atoms with E-state index in [0.717, 1.165) is 5.69 Å². The second kappa shape index (κ2) is 9.95. The summed E-state index contributed by atoms with van der Waals surface area (Å²) in [6, 6.07) is 9.01. The van der Waals surface area contributed by atoms with Gasteiger partial charge >= 0.3 is 5.97 Å². The van der Waals surface area contributed by atoms with Crippen LogP contribution in [0.25, 0.3) is 0 Å². The molecule has 1 aromatic rings. The van der Waals surface area contributed by atoms with E-state index in [9.17, 15) is 19.6 Å². The van der Waals surface area contributed by atoms with Crippen LogP contribution in [0.1, 0.15) is 24.2 Å². The molecule has 1 amide bonds. The van der Waals surface area contributed by atoms with E-state index in [1.807, 2.05) is 12.1 Å². The number of nitrogens with one attached hydrogen (secondary N) is 1. The van der Waals surface area contributed by atoms with Crippen LogP contribution in [0.5, 0.6) is 0 Å². The fourth-order valence-electron chi connectivity index (χ4n) is 2.86. The van der Waals surface area contributed by atoms with Crippen LogP contribution >= 0.6 is 11.8 Å². The molecule has 0 spiro atoms. The van der Waals surface area contributed by atoms with Gasteiger partial charge in [0.15, 0.2) is 11.7 Å². The number of rotatable bonds is 9. The number of ether oxygens (including phenoxy) is 1. The van der Waals surface area contributed by atoms with Crippen LogP contribution in [0.2, 0.25) is 0 Å². The van der Waals surface area contributed by atoms with Crippen LogP contribution in [-0.2, 0) is 14.3 Å². The van der Waals surface area contributed by atoms with E-state index < -0.39 is 22.5 Å². The quantitative estimate of drug-likeness (QED) is 0.385. The number of nitriles is 1. The second-order valence-corrected chi connectivity index (χ2v) is 7.51. The van der Waals surface area contributed by atoms with Gasteiger partial charge in [-0.25, -0.2) is 0 Å². The minimum atomic E-state index is -1.07. The number of amides is 1. The van der Waals surface area contributed by atoms with Gasteiger partial charge in [0.25, 0.3) is 0 Å². The summed E-state index contributed by atoms with van der Waals surface area (Å²) in [7, 11) is 0. The number of esters is 1. The number of nitrogens with zero attached hydrogens (tertiary/aromatic N) is 2. The normalized spacial score (nSPS) is 19.6. The zero-order valence-electron chi connectivity index (χ0n) is 15.9. The number of ketones is 1. The largest absolute Gasteiger partial charge is 0.460 e.